The molecule has 1 unspecified atom stereocenters. The number of benzene rings is 10. The van der Waals surface area contributed by atoms with Crippen LogP contribution >= 0.6 is 46.6 Å². The van der Waals surface area contributed by atoms with E-state index in [2.05, 4.69) is 62.4 Å². The summed E-state index contributed by atoms with van der Waals surface area (Å²) in [5, 5.41) is 25.0. The van der Waals surface area contributed by atoms with E-state index in [9.17, 15) is 4.79 Å². The lowest BCUT2D eigenvalue weighted by Crippen LogP contribution is -2.71. The van der Waals surface area contributed by atoms with Crippen LogP contribution in [0.3, 0.4) is 0 Å². The van der Waals surface area contributed by atoms with Gasteiger partial charge in [-0.3, -0.25) is 19.6 Å². The van der Waals surface area contributed by atoms with Crippen molar-refractivity contribution in [2.45, 2.75) is 43.7 Å². The molecule has 494 valence electrons. The minimum Gasteiger partial charge on any atom is -0.465 e. The monoisotopic (exact) mass is 1390 g/mol. The van der Waals surface area contributed by atoms with Crippen molar-refractivity contribution in [3.05, 3.63) is 387 Å². The van der Waals surface area contributed by atoms with Gasteiger partial charge in [-0.25, -0.2) is 14.6 Å². The SMILES string of the molecule is COC(=O)C(O/N=C(\C(=O)N[C@@H]1C(=O)N2C(C(=O)OC(c3ccccc3)c3ccccc3)=C(SC(Sc3c[nH]nn3)C(c3ccccc3)(c3ccccc3)c3ccccc3)CS[C@@H]12)c1csc(NC(c2ccccc2)(c2ccccc2)c2ccccc2)n1)(c1ccccc1)c1ccccc1. The summed E-state index contributed by atoms with van der Waals surface area (Å²) in [6, 6.07) is 96.0. The average Bonchev–Trinajstić information content (AvgIpc) is 0.812. The molecule has 0 spiro atoms. The third-order valence-electron chi connectivity index (χ3n) is 17.7. The summed E-state index contributed by atoms with van der Waals surface area (Å²) in [7, 11) is 1.25. The van der Waals surface area contributed by atoms with Crippen LogP contribution in [0.2, 0.25) is 0 Å². The van der Waals surface area contributed by atoms with Crippen molar-refractivity contribution in [1.29, 1.82) is 0 Å². The summed E-state index contributed by atoms with van der Waals surface area (Å²) < 4.78 is 11.8. The molecule has 2 aliphatic rings. The number of methoxy groups -OCH3 is 1. The summed E-state index contributed by atoms with van der Waals surface area (Å²) in [6.07, 6.45) is 0.845. The van der Waals surface area contributed by atoms with Crippen molar-refractivity contribution in [2.75, 3.05) is 18.2 Å². The molecular formula is C81H64N8O7S4. The summed E-state index contributed by atoms with van der Waals surface area (Å²) >= 11 is 5.55. The molecule has 19 heteroatoms. The minimum atomic E-state index is -2.07. The van der Waals surface area contributed by atoms with Crippen LogP contribution in [0.15, 0.2) is 336 Å². The molecule has 15 nitrogen and oxygen atoms in total. The van der Waals surface area contributed by atoms with E-state index in [4.69, 9.17) is 24.5 Å². The Labute approximate surface area is 595 Å². The number of thiazole rings is 1. The maximum atomic E-state index is 16.0. The van der Waals surface area contributed by atoms with Crippen molar-refractivity contribution in [3.63, 3.8) is 0 Å². The molecule has 2 amide bonds. The van der Waals surface area contributed by atoms with Gasteiger partial charge < -0.3 is 24.9 Å². The highest BCUT2D eigenvalue weighted by Gasteiger charge is 2.57. The lowest BCUT2D eigenvalue weighted by molar-refractivity contribution is -0.165. The quantitative estimate of drug-likeness (QED) is 0.00932. The number of fused-ring (bicyclic) bond motifs is 1. The number of hydrogen-bond donors (Lipinski definition) is 3. The van der Waals surface area contributed by atoms with Gasteiger partial charge in [-0.2, -0.15) is 0 Å². The van der Waals surface area contributed by atoms with E-state index < -0.39 is 62.4 Å². The molecule has 0 saturated carbocycles. The molecule has 1 fully saturated rings. The van der Waals surface area contributed by atoms with E-state index in [1.807, 2.05) is 206 Å². The predicted octanol–water partition coefficient (Wildman–Crippen LogP) is 15.3. The summed E-state index contributed by atoms with van der Waals surface area (Å²) in [6.45, 7) is 0. The maximum absolute atomic E-state index is 16.0. The van der Waals surface area contributed by atoms with Crippen molar-refractivity contribution in [1.82, 2.24) is 30.6 Å². The Morgan fingerprint density at radius 1 is 0.580 bits per heavy atom. The van der Waals surface area contributed by atoms with Gasteiger partial charge in [0.2, 0.25) is 0 Å². The number of carbonyl (C=O) groups excluding carboxylic acids is 4. The van der Waals surface area contributed by atoms with Crippen molar-refractivity contribution >= 4 is 81.2 Å². The first kappa shape index (κ1) is 66.2. The molecule has 3 atom stereocenters. The summed E-state index contributed by atoms with van der Waals surface area (Å²) in [5.74, 6) is -2.85. The number of ether oxygens (including phenoxy) is 2. The third kappa shape index (κ3) is 12.9. The number of aromatic amines is 1. The standard InChI is InChI=1S/C81H64N8O7S4/c1-94-76(93)81(63-48-28-10-29-49-63,64-50-30-11-31-51-64)96-87-68(65-53-98-78(83-65)85-80(60-42-22-7-23-43-60,61-44-24-8-25-45-61)62-46-26-9-27-47-62)72(90)84-69-73(91)89-70(75(92)95-71(55-32-12-2-13-33-55)56-34-14-3-15-35-56)66(54-97-74(69)89)99-77(100-67-52-82-88-86-67)79(57-36-16-4-17-37-57,58-38-18-5-19-39-58)59-40-20-6-21-41-59/h2-53,69,71,74,77H,54H2,1H3,(H,83,85)(H,84,90)(H,82,86,88)/b87-68-/t69-,74+,77?/m1/s1. The highest BCUT2D eigenvalue weighted by atomic mass is 32.2. The fourth-order valence-electron chi connectivity index (χ4n) is 13.1. The number of nitrogens with zero attached hydrogens (tertiary/aromatic N) is 5. The Hall–Kier alpha value is -11.1. The van der Waals surface area contributed by atoms with Gasteiger partial charge in [-0.15, -0.1) is 40.0 Å². The second-order valence-electron chi connectivity index (χ2n) is 23.5. The van der Waals surface area contributed by atoms with Crippen molar-refractivity contribution in [3.8, 4) is 0 Å². The normalized spacial score (nSPS) is 15.0. The number of carbonyl (C=O) groups is 4. The molecule has 100 heavy (non-hydrogen) atoms. The lowest BCUT2D eigenvalue weighted by Gasteiger charge is -2.50. The van der Waals surface area contributed by atoms with Gasteiger partial charge in [0, 0.05) is 27.2 Å². The highest BCUT2D eigenvalue weighted by molar-refractivity contribution is 8.19. The number of hydrogen-bond acceptors (Lipinski definition) is 16. The van der Waals surface area contributed by atoms with Gasteiger partial charge in [-0.05, 0) is 44.5 Å². The second-order valence-corrected chi connectivity index (χ2v) is 28.1. The molecule has 0 radical (unpaired) electrons. The Balaban J connectivity index is 0.889. The first-order chi connectivity index (χ1) is 49.2. The molecule has 4 heterocycles. The number of H-pyrrole nitrogens is 1. The first-order valence-electron chi connectivity index (χ1n) is 32.2. The van der Waals surface area contributed by atoms with Crippen LogP contribution in [0.1, 0.15) is 67.4 Å². The van der Waals surface area contributed by atoms with Crippen LogP contribution in [-0.4, -0.2) is 83.6 Å². The third-order valence-corrected chi connectivity index (χ3v) is 22.7. The summed E-state index contributed by atoms with van der Waals surface area (Å²) in [5.41, 5.74) is 3.41. The molecule has 3 N–H and O–H groups in total. The largest absolute Gasteiger partial charge is 0.465 e. The second kappa shape index (κ2) is 29.9. The van der Waals surface area contributed by atoms with Crippen LogP contribution in [0.4, 0.5) is 5.13 Å². The minimum absolute atomic E-state index is 0.0229. The molecule has 14 rings (SSSR count). The van der Waals surface area contributed by atoms with Crippen LogP contribution in [0.5, 0.6) is 0 Å². The first-order valence-corrected chi connectivity index (χ1v) is 35.9. The maximum Gasteiger partial charge on any atom is 0.362 e. The number of amides is 2. The molecule has 0 aliphatic carbocycles. The van der Waals surface area contributed by atoms with Gasteiger partial charge in [0.25, 0.3) is 17.4 Å². The molecule has 0 bridgehead atoms. The van der Waals surface area contributed by atoms with Gasteiger partial charge in [-0.1, -0.05) is 325 Å². The molecule has 2 aliphatic heterocycles. The molecule has 1 saturated heterocycles. The number of anilines is 1. The zero-order valence-electron chi connectivity index (χ0n) is 53.8. The lowest BCUT2D eigenvalue weighted by atomic mass is 9.70. The van der Waals surface area contributed by atoms with Crippen molar-refractivity contribution < 1.29 is 33.5 Å². The number of thioether (sulfide) groups is 3. The van der Waals surface area contributed by atoms with E-state index in [1.54, 1.807) is 72.2 Å². The van der Waals surface area contributed by atoms with Gasteiger partial charge in [0.05, 0.1) is 23.3 Å². The van der Waals surface area contributed by atoms with Crippen LogP contribution < -0.4 is 10.6 Å². The molecular weight excluding hydrogens is 1330 g/mol. The number of rotatable bonds is 25. The number of oxime groups is 1. The van der Waals surface area contributed by atoms with E-state index in [0.29, 0.717) is 37.3 Å². The highest BCUT2D eigenvalue weighted by Crippen LogP contribution is 2.57. The fraction of sp³-hybridized carbons (Fsp3) is 0.111. The fourth-order valence-corrected chi connectivity index (χ4v) is 18.5. The number of aromatic nitrogens is 4. The molecule has 10 aromatic carbocycles. The Bertz CT molecular complexity index is 4550. The zero-order valence-corrected chi connectivity index (χ0v) is 57.0. The predicted molar refractivity (Wildman–Crippen MR) is 394 cm³/mol. The topological polar surface area (TPSA) is 190 Å². The Kier molecular flexibility index (Phi) is 19.8. The Morgan fingerprint density at radius 3 is 1.44 bits per heavy atom. The molecule has 12 aromatic rings. The average molecular weight is 1390 g/mol. The van der Waals surface area contributed by atoms with E-state index in [0.717, 1.165) is 33.4 Å². The van der Waals surface area contributed by atoms with E-state index >= 15 is 14.4 Å². The smallest absolute Gasteiger partial charge is 0.362 e. The van der Waals surface area contributed by atoms with Crippen LogP contribution in [-0.2, 0) is 50.0 Å². The van der Waals surface area contributed by atoms with Crippen LogP contribution in [0.25, 0.3) is 0 Å². The number of nitrogens with one attached hydrogen (secondary N) is 3. The van der Waals surface area contributed by atoms with Gasteiger partial charge >= 0.3 is 11.9 Å². The number of β-lactam (4-membered cyclic amide) rings is 1. The van der Waals surface area contributed by atoms with E-state index in [-0.39, 0.29) is 22.9 Å². The summed E-state index contributed by atoms with van der Waals surface area (Å²) in [4.78, 5) is 76.3. The number of esters is 2. The van der Waals surface area contributed by atoms with Gasteiger partial charge in [0.15, 0.2) is 16.9 Å². The van der Waals surface area contributed by atoms with Gasteiger partial charge in [0.1, 0.15) is 33.4 Å². The van der Waals surface area contributed by atoms with E-state index in [1.165, 1.54) is 58.6 Å². The van der Waals surface area contributed by atoms with Crippen LogP contribution in [0, 0.1) is 0 Å². The Morgan fingerprint density at radius 2 is 1.01 bits per heavy atom. The molecule has 2 aromatic heterocycles. The van der Waals surface area contributed by atoms with Crippen molar-refractivity contribution in [2.24, 2.45) is 5.16 Å². The zero-order chi connectivity index (χ0) is 68.3.